The van der Waals surface area contributed by atoms with E-state index in [1.807, 2.05) is 19.1 Å². The van der Waals surface area contributed by atoms with Crippen LogP contribution in [0.2, 0.25) is 0 Å². The fraction of sp³-hybridized carbons (Fsp3) is 0.462. The average Bonchev–Trinajstić information content (AvgIpc) is 3.62. The molecular formula is C26H32N2O3. The van der Waals surface area contributed by atoms with Crippen molar-refractivity contribution < 1.29 is 14.3 Å². The molecule has 2 atom stereocenters. The number of fused-ring (bicyclic) bond motifs is 1. The number of ether oxygens (including phenoxy) is 1. The fourth-order valence-corrected chi connectivity index (χ4v) is 4.39. The number of benzene rings is 2. The van der Waals surface area contributed by atoms with Gasteiger partial charge in [0.05, 0.1) is 6.04 Å². The lowest BCUT2D eigenvalue weighted by atomic mass is 9.87. The van der Waals surface area contributed by atoms with Gasteiger partial charge in [-0.25, -0.2) is 0 Å². The first-order valence-corrected chi connectivity index (χ1v) is 11.3. The van der Waals surface area contributed by atoms with Gasteiger partial charge in [0.15, 0.2) is 6.10 Å². The van der Waals surface area contributed by atoms with Crippen molar-refractivity contribution in [3.8, 4) is 5.75 Å². The summed E-state index contributed by atoms with van der Waals surface area (Å²) in [4.78, 5) is 29.3. The molecule has 2 aromatic carbocycles. The third-order valence-electron chi connectivity index (χ3n) is 6.42. The van der Waals surface area contributed by atoms with Crippen molar-refractivity contribution in [1.29, 1.82) is 0 Å². The zero-order valence-electron chi connectivity index (χ0n) is 18.9. The van der Waals surface area contributed by atoms with Crippen LogP contribution in [-0.4, -0.2) is 47.9 Å². The number of aryl methyl sites for hydroxylation is 1. The fourth-order valence-electron chi connectivity index (χ4n) is 4.39. The first-order valence-electron chi connectivity index (χ1n) is 11.3. The van der Waals surface area contributed by atoms with Crippen LogP contribution in [0.5, 0.6) is 5.75 Å². The minimum Gasteiger partial charge on any atom is -0.481 e. The summed E-state index contributed by atoms with van der Waals surface area (Å²) >= 11 is 0. The topological polar surface area (TPSA) is 49.9 Å². The average molecular weight is 421 g/mol. The molecule has 1 aliphatic carbocycles. The van der Waals surface area contributed by atoms with E-state index in [0.29, 0.717) is 12.3 Å². The number of nitrogens with zero attached hydrogens (tertiary/aromatic N) is 2. The Kier molecular flexibility index (Phi) is 6.03. The predicted octanol–water partition coefficient (Wildman–Crippen LogP) is 4.12. The van der Waals surface area contributed by atoms with Gasteiger partial charge in [-0.1, -0.05) is 35.9 Å². The van der Waals surface area contributed by atoms with Crippen molar-refractivity contribution in [2.45, 2.75) is 52.2 Å². The van der Waals surface area contributed by atoms with Gasteiger partial charge in [0, 0.05) is 26.1 Å². The molecule has 0 unspecified atom stereocenters. The third-order valence-corrected chi connectivity index (χ3v) is 6.42. The van der Waals surface area contributed by atoms with Crippen LogP contribution in [0.4, 0.5) is 0 Å². The molecule has 1 aliphatic heterocycles. The summed E-state index contributed by atoms with van der Waals surface area (Å²) in [5.74, 6) is 1.07. The van der Waals surface area contributed by atoms with E-state index in [1.165, 1.54) is 11.1 Å². The van der Waals surface area contributed by atoms with Gasteiger partial charge in [-0.2, -0.15) is 0 Å². The molecule has 1 fully saturated rings. The Morgan fingerprint density at radius 3 is 2.65 bits per heavy atom. The smallest absolute Gasteiger partial charge is 0.263 e. The van der Waals surface area contributed by atoms with Crippen LogP contribution >= 0.6 is 0 Å². The van der Waals surface area contributed by atoms with Crippen molar-refractivity contribution in [3.05, 3.63) is 64.7 Å². The van der Waals surface area contributed by atoms with Crippen LogP contribution in [-0.2, 0) is 16.0 Å². The van der Waals surface area contributed by atoms with E-state index in [2.05, 4.69) is 42.2 Å². The summed E-state index contributed by atoms with van der Waals surface area (Å²) in [5.41, 5.74) is 4.65. The van der Waals surface area contributed by atoms with Gasteiger partial charge in [0.2, 0.25) is 5.91 Å². The number of carbonyl (C=O) groups excluding carboxylic acids is 2. The summed E-state index contributed by atoms with van der Waals surface area (Å²) in [7, 11) is 1.78. The molecule has 2 aliphatic rings. The summed E-state index contributed by atoms with van der Waals surface area (Å²) in [6.45, 7) is 7.19. The Morgan fingerprint density at radius 1 is 1.19 bits per heavy atom. The molecule has 0 N–H and O–H groups in total. The molecule has 0 aromatic heterocycles. The van der Waals surface area contributed by atoms with Crippen molar-refractivity contribution in [3.63, 3.8) is 0 Å². The number of amides is 2. The number of carbonyl (C=O) groups is 2. The second-order valence-electron chi connectivity index (χ2n) is 8.85. The number of likely N-dealkylation sites (N-methyl/N-ethyl adjacent to an activating group) is 1. The minimum atomic E-state index is -0.562. The predicted molar refractivity (Wildman–Crippen MR) is 121 cm³/mol. The molecule has 5 nitrogen and oxygen atoms in total. The molecule has 0 saturated heterocycles. The van der Waals surface area contributed by atoms with Crippen LogP contribution in [0, 0.1) is 12.8 Å². The van der Waals surface area contributed by atoms with Gasteiger partial charge in [0.1, 0.15) is 5.75 Å². The van der Waals surface area contributed by atoms with Crippen LogP contribution in [0.3, 0.4) is 0 Å². The zero-order chi connectivity index (χ0) is 22.1. The molecule has 0 bridgehead atoms. The lowest BCUT2D eigenvalue weighted by Gasteiger charge is -2.38. The van der Waals surface area contributed by atoms with Gasteiger partial charge in [-0.3, -0.25) is 9.59 Å². The van der Waals surface area contributed by atoms with Gasteiger partial charge in [-0.05, 0) is 68.9 Å². The summed E-state index contributed by atoms with van der Waals surface area (Å²) in [6.07, 6.45) is 2.27. The Balaban J connectivity index is 1.69. The third kappa shape index (κ3) is 4.46. The molecule has 164 valence electrons. The minimum absolute atomic E-state index is 0.0407. The molecule has 0 radical (unpaired) electrons. The first kappa shape index (κ1) is 21.4. The van der Waals surface area contributed by atoms with E-state index in [4.69, 9.17) is 4.74 Å². The maximum atomic E-state index is 13.1. The standard InChI is InChI=1S/C26H32N2O3/c1-5-27(4)25(29)18(3)31-22-12-11-19-13-14-28(26(30)20-9-10-20)24(23(19)16-22)21-8-6-7-17(2)15-21/h6-8,11-12,15-16,18,20,24H,5,9-10,13-14H2,1-4H3/t18-,24+/m0/s1. The Morgan fingerprint density at radius 2 is 1.97 bits per heavy atom. The van der Waals surface area contributed by atoms with E-state index in [-0.39, 0.29) is 23.8 Å². The monoisotopic (exact) mass is 420 g/mol. The van der Waals surface area contributed by atoms with E-state index >= 15 is 0 Å². The molecule has 4 rings (SSSR count). The SMILES string of the molecule is CCN(C)C(=O)[C@H](C)Oc1ccc2c(c1)[C@@H](c1cccc(C)c1)N(C(=O)C1CC1)CC2. The molecule has 1 saturated carbocycles. The summed E-state index contributed by atoms with van der Waals surface area (Å²) in [6, 6.07) is 14.4. The van der Waals surface area contributed by atoms with Crippen molar-refractivity contribution >= 4 is 11.8 Å². The Hall–Kier alpha value is -2.82. The van der Waals surface area contributed by atoms with Gasteiger partial charge in [0.25, 0.3) is 5.91 Å². The number of hydrogen-bond donors (Lipinski definition) is 0. The summed E-state index contributed by atoms with van der Waals surface area (Å²) < 4.78 is 6.03. The van der Waals surface area contributed by atoms with Crippen molar-refractivity contribution in [2.24, 2.45) is 5.92 Å². The zero-order valence-corrected chi connectivity index (χ0v) is 18.9. The lowest BCUT2D eigenvalue weighted by Crippen LogP contribution is -2.41. The van der Waals surface area contributed by atoms with Gasteiger partial charge >= 0.3 is 0 Å². The van der Waals surface area contributed by atoms with Gasteiger partial charge in [-0.15, -0.1) is 0 Å². The van der Waals surface area contributed by atoms with E-state index < -0.39 is 6.10 Å². The molecule has 2 aromatic rings. The highest BCUT2D eigenvalue weighted by molar-refractivity contribution is 5.82. The first-order chi connectivity index (χ1) is 14.9. The highest BCUT2D eigenvalue weighted by atomic mass is 16.5. The molecule has 2 amide bonds. The molecular weight excluding hydrogens is 388 g/mol. The quantitative estimate of drug-likeness (QED) is 0.706. The highest BCUT2D eigenvalue weighted by Gasteiger charge is 2.39. The highest BCUT2D eigenvalue weighted by Crippen LogP contribution is 2.41. The second-order valence-corrected chi connectivity index (χ2v) is 8.85. The summed E-state index contributed by atoms with van der Waals surface area (Å²) in [5, 5.41) is 0. The Bertz CT molecular complexity index is 982. The lowest BCUT2D eigenvalue weighted by molar-refractivity contribution is -0.136. The molecule has 5 heteroatoms. The van der Waals surface area contributed by atoms with E-state index in [9.17, 15) is 9.59 Å². The number of hydrogen-bond acceptors (Lipinski definition) is 3. The van der Waals surface area contributed by atoms with E-state index in [1.54, 1.807) is 18.9 Å². The van der Waals surface area contributed by atoms with Crippen LogP contribution in [0.1, 0.15) is 55.0 Å². The largest absolute Gasteiger partial charge is 0.481 e. The van der Waals surface area contributed by atoms with Crippen LogP contribution in [0.15, 0.2) is 42.5 Å². The Labute approximate surface area is 185 Å². The van der Waals surface area contributed by atoms with Crippen molar-refractivity contribution in [1.82, 2.24) is 9.80 Å². The normalized spacial score (nSPS) is 18.8. The van der Waals surface area contributed by atoms with Crippen LogP contribution < -0.4 is 4.74 Å². The second kappa shape index (κ2) is 8.74. The molecule has 31 heavy (non-hydrogen) atoms. The maximum Gasteiger partial charge on any atom is 0.263 e. The van der Waals surface area contributed by atoms with E-state index in [0.717, 1.165) is 36.9 Å². The van der Waals surface area contributed by atoms with Crippen molar-refractivity contribution in [2.75, 3.05) is 20.1 Å². The number of rotatable bonds is 6. The van der Waals surface area contributed by atoms with Crippen LogP contribution in [0.25, 0.3) is 0 Å². The van der Waals surface area contributed by atoms with Gasteiger partial charge < -0.3 is 14.5 Å². The maximum absolute atomic E-state index is 13.1. The molecule has 0 spiro atoms. The molecule has 1 heterocycles.